The molecule has 0 heterocycles. The lowest BCUT2D eigenvalue weighted by atomic mass is 10.1. The number of carbonyl (C=O) groups excluding carboxylic acids is 2. The highest BCUT2D eigenvalue weighted by Gasteiger charge is 2.21. The van der Waals surface area contributed by atoms with Gasteiger partial charge in [0.2, 0.25) is 0 Å². The molecule has 0 N–H and O–H groups in total. The second-order valence-corrected chi connectivity index (χ2v) is 5.71. The number of para-hydroxylation sites is 1. The maximum Gasteiger partial charge on any atom is 0.310 e. The Morgan fingerprint density at radius 1 is 1.00 bits per heavy atom. The maximum absolute atomic E-state index is 12.6. The van der Waals surface area contributed by atoms with Gasteiger partial charge in [-0.3, -0.25) is 9.59 Å². The Labute approximate surface area is 148 Å². The Hall–Kier alpha value is -2.82. The first-order chi connectivity index (χ1) is 12.0. The number of esters is 1. The van der Waals surface area contributed by atoms with Gasteiger partial charge in [-0.2, -0.15) is 0 Å². The molecule has 0 fully saturated rings. The van der Waals surface area contributed by atoms with Gasteiger partial charge in [0.15, 0.2) is 0 Å². The van der Waals surface area contributed by atoms with Crippen molar-refractivity contribution in [2.45, 2.75) is 13.8 Å². The highest BCUT2D eigenvalue weighted by atomic mass is 16.5. The van der Waals surface area contributed by atoms with Crippen LogP contribution in [0.5, 0.6) is 11.5 Å². The predicted octanol–water partition coefficient (Wildman–Crippen LogP) is 3.75. The van der Waals surface area contributed by atoms with E-state index in [0.29, 0.717) is 24.4 Å². The highest BCUT2D eigenvalue weighted by molar-refractivity contribution is 5.94. The Morgan fingerprint density at radius 3 is 2.16 bits per heavy atom. The third-order valence-electron chi connectivity index (χ3n) is 3.85. The fourth-order valence-corrected chi connectivity index (χ4v) is 2.43. The zero-order valence-corrected chi connectivity index (χ0v) is 14.8. The number of nitrogens with zero attached hydrogens (tertiary/aromatic N) is 1. The minimum atomic E-state index is -0.366. The molecule has 1 atom stereocenters. The quantitative estimate of drug-likeness (QED) is 0.720. The van der Waals surface area contributed by atoms with Gasteiger partial charge in [0.05, 0.1) is 13.0 Å². The number of amides is 1. The summed E-state index contributed by atoms with van der Waals surface area (Å²) in [5.74, 6) is 0.592. The zero-order chi connectivity index (χ0) is 18.2. The van der Waals surface area contributed by atoms with Crippen LogP contribution < -0.4 is 4.74 Å². The average molecular weight is 341 g/mol. The van der Waals surface area contributed by atoms with Crippen molar-refractivity contribution < 1.29 is 19.1 Å². The normalized spacial score (nSPS) is 11.5. The van der Waals surface area contributed by atoms with Gasteiger partial charge >= 0.3 is 5.97 Å². The van der Waals surface area contributed by atoms with Crippen molar-refractivity contribution in [2.24, 2.45) is 5.92 Å². The molecule has 1 unspecified atom stereocenters. The van der Waals surface area contributed by atoms with E-state index in [1.54, 1.807) is 36.1 Å². The van der Waals surface area contributed by atoms with Crippen molar-refractivity contribution in [3.8, 4) is 11.5 Å². The summed E-state index contributed by atoms with van der Waals surface area (Å²) in [6.45, 7) is 4.47. The Bertz CT molecular complexity index is 697. The largest absolute Gasteiger partial charge is 0.469 e. The number of methoxy groups -OCH3 is 1. The molecule has 0 spiro atoms. The maximum atomic E-state index is 12.6. The van der Waals surface area contributed by atoms with Crippen molar-refractivity contribution >= 4 is 11.9 Å². The monoisotopic (exact) mass is 341 g/mol. The zero-order valence-electron chi connectivity index (χ0n) is 14.8. The van der Waals surface area contributed by atoms with Crippen LogP contribution in [0.4, 0.5) is 0 Å². The van der Waals surface area contributed by atoms with E-state index in [1.807, 2.05) is 37.3 Å². The predicted molar refractivity (Wildman–Crippen MR) is 95.7 cm³/mol. The molecule has 132 valence electrons. The first kappa shape index (κ1) is 18.5. The smallest absolute Gasteiger partial charge is 0.310 e. The van der Waals surface area contributed by atoms with Crippen LogP contribution in [0.2, 0.25) is 0 Å². The van der Waals surface area contributed by atoms with Crippen molar-refractivity contribution in [1.82, 2.24) is 4.90 Å². The van der Waals surface area contributed by atoms with Crippen molar-refractivity contribution in [3.05, 3.63) is 60.2 Å². The molecule has 0 saturated heterocycles. The van der Waals surface area contributed by atoms with Gasteiger partial charge in [-0.1, -0.05) is 25.1 Å². The highest BCUT2D eigenvalue weighted by Crippen LogP contribution is 2.21. The molecule has 1 amide bonds. The summed E-state index contributed by atoms with van der Waals surface area (Å²) in [4.78, 5) is 25.8. The van der Waals surface area contributed by atoms with E-state index in [0.717, 1.165) is 5.75 Å². The fraction of sp³-hybridized carbons (Fsp3) is 0.300. The number of benzene rings is 2. The second kappa shape index (κ2) is 8.87. The summed E-state index contributed by atoms with van der Waals surface area (Å²) in [5.41, 5.74) is 0.555. The van der Waals surface area contributed by atoms with Gasteiger partial charge in [-0.15, -0.1) is 0 Å². The molecule has 0 saturated carbocycles. The first-order valence-corrected chi connectivity index (χ1v) is 8.25. The molecule has 0 aliphatic rings. The van der Waals surface area contributed by atoms with Gasteiger partial charge < -0.3 is 14.4 Å². The number of carbonyl (C=O) groups is 2. The first-order valence-electron chi connectivity index (χ1n) is 8.25. The lowest BCUT2D eigenvalue weighted by Gasteiger charge is -2.23. The third-order valence-corrected chi connectivity index (χ3v) is 3.85. The van der Waals surface area contributed by atoms with Crippen molar-refractivity contribution in [3.63, 3.8) is 0 Å². The molecule has 0 aliphatic carbocycles. The van der Waals surface area contributed by atoms with E-state index in [1.165, 1.54) is 7.11 Å². The van der Waals surface area contributed by atoms with Gasteiger partial charge in [0.1, 0.15) is 11.5 Å². The van der Waals surface area contributed by atoms with Gasteiger partial charge in [0, 0.05) is 18.7 Å². The minimum absolute atomic E-state index is 0.121. The van der Waals surface area contributed by atoms with Crippen LogP contribution >= 0.6 is 0 Å². The molecule has 25 heavy (non-hydrogen) atoms. The number of hydrogen-bond acceptors (Lipinski definition) is 4. The van der Waals surface area contributed by atoms with E-state index in [4.69, 9.17) is 9.47 Å². The minimum Gasteiger partial charge on any atom is -0.469 e. The Kier molecular flexibility index (Phi) is 6.57. The number of rotatable bonds is 7. The summed E-state index contributed by atoms with van der Waals surface area (Å²) in [7, 11) is 1.35. The summed E-state index contributed by atoms with van der Waals surface area (Å²) in [6, 6.07) is 16.4. The molecule has 0 aliphatic heterocycles. The number of ether oxygens (including phenoxy) is 2. The van der Waals surface area contributed by atoms with Gasteiger partial charge in [0.25, 0.3) is 5.91 Å². The van der Waals surface area contributed by atoms with Crippen LogP contribution in [0.15, 0.2) is 54.6 Å². The summed E-state index contributed by atoms with van der Waals surface area (Å²) < 4.78 is 10.4. The van der Waals surface area contributed by atoms with E-state index in [2.05, 4.69) is 0 Å². The summed E-state index contributed by atoms with van der Waals surface area (Å²) in [6.07, 6.45) is 0. The van der Waals surface area contributed by atoms with Crippen LogP contribution in [-0.2, 0) is 9.53 Å². The second-order valence-electron chi connectivity index (χ2n) is 5.71. The van der Waals surface area contributed by atoms with Crippen LogP contribution in [0.1, 0.15) is 24.2 Å². The SMILES string of the molecule is CCN(CC(C)C(=O)OC)C(=O)c1ccc(Oc2ccccc2)cc1. The standard InChI is InChI=1S/C20H23NO4/c1-4-21(14-15(2)20(23)24-3)19(22)16-10-12-18(13-11-16)25-17-8-6-5-7-9-17/h5-13,15H,4,14H2,1-3H3. The average Bonchev–Trinajstić information content (AvgIpc) is 2.66. The lowest BCUT2D eigenvalue weighted by molar-refractivity contribution is -0.145. The number of hydrogen-bond donors (Lipinski definition) is 0. The van der Waals surface area contributed by atoms with Crippen LogP contribution in [0, 0.1) is 5.92 Å². The van der Waals surface area contributed by atoms with E-state index in [-0.39, 0.29) is 17.8 Å². The molecule has 0 radical (unpaired) electrons. The molecule has 0 aromatic heterocycles. The van der Waals surface area contributed by atoms with Crippen LogP contribution in [0.25, 0.3) is 0 Å². The molecule has 0 bridgehead atoms. The van der Waals surface area contributed by atoms with E-state index in [9.17, 15) is 9.59 Å². The molecule has 2 aromatic carbocycles. The van der Waals surface area contributed by atoms with Crippen LogP contribution in [0.3, 0.4) is 0 Å². The fourth-order valence-electron chi connectivity index (χ4n) is 2.43. The molecular weight excluding hydrogens is 318 g/mol. The lowest BCUT2D eigenvalue weighted by Crippen LogP contribution is -2.37. The Balaban J connectivity index is 2.04. The van der Waals surface area contributed by atoms with Gasteiger partial charge in [-0.25, -0.2) is 0 Å². The topological polar surface area (TPSA) is 55.8 Å². The third kappa shape index (κ3) is 5.08. The van der Waals surface area contributed by atoms with Crippen LogP contribution in [-0.4, -0.2) is 37.0 Å². The Morgan fingerprint density at radius 2 is 1.60 bits per heavy atom. The van der Waals surface area contributed by atoms with E-state index >= 15 is 0 Å². The van der Waals surface area contributed by atoms with Crippen molar-refractivity contribution in [1.29, 1.82) is 0 Å². The molecule has 2 aromatic rings. The summed E-state index contributed by atoms with van der Waals surface area (Å²) >= 11 is 0. The molecule has 5 heteroatoms. The van der Waals surface area contributed by atoms with E-state index < -0.39 is 0 Å². The molecular formula is C20H23NO4. The molecule has 5 nitrogen and oxygen atoms in total. The molecule has 2 rings (SSSR count). The van der Waals surface area contributed by atoms with Gasteiger partial charge in [-0.05, 0) is 43.3 Å². The van der Waals surface area contributed by atoms with Crippen molar-refractivity contribution in [2.75, 3.05) is 20.2 Å². The summed E-state index contributed by atoms with van der Waals surface area (Å²) in [5, 5.41) is 0.